The summed E-state index contributed by atoms with van der Waals surface area (Å²) in [7, 11) is 0. The quantitative estimate of drug-likeness (QED) is 0.759. The monoisotopic (exact) mass is 239 g/mol. The van der Waals surface area contributed by atoms with Crippen molar-refractivity contribution in [1.82, 2.24) is 4.98 Å². The lowest BCUT2D eigenvalue weighted by Crippen LogP contribution is -1.90. The molecule has 0 aliphatic carbocycles. The Kier molecular flexibility index (Phi) is 3.47. The van der Waals surface area contributed by atoms with E-state index >= 15 is 0 Å². The molecule has 1 rings (SSSR count). The lowest BCUT2D eigenvalue weighted by atomic mass is 10.3. The van der Waals surface area contributed by atoms with E-state index in [0.29, 0.717) is 5.69 Å². The third-order valence-corrected chi connectivity index (χ3v) is 1.65. The van der Waals surface area contributed by atoms with E-state index in [-0.39, 0.29) is 6.42 Å². The molecule has 0 saturated heterocycles. The van der Waals surface area contributed by atoms with Gasteiger partial charge in [0.1, 0.15) is 12.1 Å². The van der Waals surface area contributed by atoms with E-state index in [9.17, 15) is 4.79 Å². The average molecular weight is 240 g/mol. The molecule has 3 nitrogen and oxygen atoms in total. The molecule has 0 atom stereocenters. The van der Waals surface area contributed by atoms with Gasteiger partial charge in [-0.15, -0.1) is 0 Å². The summed E-state index contributed by atoms with van der Waals surface area (Å²) in [6.45, 7) is 0. The van der Waals surface area contributed by atoms with Gasteiger partial charge < -0.3 is 5.11 Å². The van der Waals surface area contributed by atoms with Crippen molar-refractivity contribution in [2.45, 2.75) is 6.42 Å². The zero-order valence-corrected chi connectivity index (χ0v) is 8.21. The summed E-state index contributed by atoms with van der Waals surface area (Å²) >= 11 is 3.23. The number of pyridine rings is 1. The second-order valence-corrected chi connectivity index (χ2v) is 3.15. The molecule has 0 unspecified atom stereocenters. The van der Waals surface area contributed by atoms with Crippen LogP contribution < -0.4 is 0 Å². The molecule has 1 heterocycles. The van der Waals surface area contributed by atoms with Crippen molar-refractivity contribution >= 4 is 21.9 Å². The minimum Gasteiger partial charge on any atom is -0.481 e. The number of hydrogen-bond acceptors (Lipinski definition) is 2. The van der Waals surface area contributed by atoms with Gasteiger partial charge in [-0.3, -0.25) is 4.79 Å². The van der Waals surface area contributed by atoms with Gasteiger partial charge in [-0.1, -0.05) is 5.92 Å². The number of aliphatic carboxylic acids is 1. The van der Waals surface area contributed by atoms with Crippen LogP contribution in [-0.2, 0) is 4.79 Å². The van der Waals surface area contributed by atoms with Crippen molar-refractivity contribution in [2.24, 2.45) is 0 Å². The van der Waals surface area contributed by atoms with Gasteiger partial charge in [-0.2, -0.15) is 0 Å². The van der Waals surface area contributed by atoms with E-state index < -0.39 is 5.97 Å². The molecule has 0 spiro atoms. The molecular weight excluding hydrogens is 234 g/mol. The van der Waals surface area contributed by atoms with Crippen LogP contribution in [0.25, 0.3) is 0 Å². The summed E-state index contributed by atoms with van der Waals surface area (Å²) in [4.78, 5) is 14.1. The average Bonchev–Trinajstić information content (AvgIpc) is 2.08. The number of rotatable bonds is 1. The summed E-state index contributed by atoms with van der Waals surface area (Å²) in [6, 6.07) is 3.52. The summed E-state index contributed by atoms with van der Waals surface area (Å²) in [5.41, 5.74) is 0.574. The van der Waals surface area contributed by atoms with Crippen molar-refractivity contribution in [3.8, 4) is 11.8 Å². The van der Waals surface area contributed by atoms with Crippen molar-refractivity contribution in [2.75, 3.05) is 0 Å². The van der Waals surface area contributed by atoms with Gasteiger partial charge in [0.25, 0.3) is 0 Å². The Morgan fingerprint density at radius 3 is 2.92 bits per heavy atom. The van der Waals surface area contributed by atoms with Gasteiger partial charge in [-0.05, 0) is 34.0 Å². The van der Waals surface area contributed by atoms with Crippen molar-refractivity contribution in [1.29, 1.82) is 0 Å². The van der Waals surface area contributed by atoms with E-state index in [0.717, 1.165) is 4.47 Å². The van der Waals surface area contributed by atoms with E-state index in [1.807, 2.05) is 0 Å². The SMILES string of the molecule is O=C(O)CC#Cc1ccc(Br)cn1. The topological polar surface area (TPSA) is 50.2 Å². The predicted octanol–water partition coefficient (Wildman–Crippen LogP) is 1.67. The highest BCUT2D eigenvalue weighted by Crippen LogP contribution is 2.06. The fourth-order valence-corrected chi connectivity index (χ4v) is 0.895. The lowest BCUT2D eigenvalue weighted by molar-refractivity contribution is -0.135. The summed E-state index contributed by atoms with van der Waals surface area (Å²) in [6.07, 6.45) is 1.46. The third kappa shape index (κ3) is 3.72. The normalized spacial score (nSPS) is 8.69. The Labute approximate surface area is 83.9 Å². The smallest absolute Gasteiger partial charge is 0.315 e. The largest absolute Gasteiger partial charge is 0.481 e. The van der Waals surface area contributed by atoms with Crippen molar-refractivity contribution in [3.63, 3.8) is 0 Å². The van der Waals surface area contributed by atoms with Gasteiger partial charge in [0.2, 0.25) is 0 Å². The standard InChI is InChI=1S/C9H6BrNO2/c10-7-4-5-8(11-6-7)2-1-3-9(12)13/h4-6H,3H2,(H,12,13). The molecule has 0 aliphatic heterocycles. The first-order chi connectivity index (χ1) is 6.18. The third-order valence-electron chi connectivity index (χ3n) is 1.18. The van der Waals surface area contributed by atoms with Crippen LogP contribution >= 0.6 is 15.9 Å². The first-order valence-electron chi connectivity index (χ1n) is 3.50. The highest BCUT2D eigenvalue weighted by molar-refractivity contribution is 9.10. The van der Waals surface area contributed by atoms with E-state index in [1.54, 1.807) is 18.3 Å². The van der Waals surface area contributed by atoms with Gasteiger partial charge in [0, 0.05) is 10.7 Å². The number of carbonyl (C=O) groups is 1. The molecule has 13 heavy (non-hydrogen) atoms. The minimum absolute atomic E-state index is 0.155. The zero-order valence-electron chi connectivity index (χ0n) is 6.62. The van der Waals surface area contributed by atoms with Crippen LogP contribution in [-0.4, -0.2) is 16.1 Å². The second kappa shape index (κ2) is 4.63. The summed E-state index contributed by atoms with van der Waals surface area (Å²) < 4.78 is 0.872. The Balaban J connectivity index is 2.67. The number of halogens is 1. The molecule has 0 bridgehead atoms. The molecule has 0 aliphatic rings. The molecule has 1 N–H and O–H groups in total. The van der Waals surface area contributed by atoms with Gasteiger partial charge in [0.05, 0.1) is 0 Å². The van der Waals surface area contributed by atoms with Gasteiger partial charge in [-0.25, -0.2) is 4.98 Å². The molecule has 1 aromatic rings. The number of hydrogen-bond donors (Lipinski definition) is 1. The van der Waals surface area contributed by atoms with E-state index in [1.165, 1.54) is 0 Å². The van der Waals surface area contributed by atoms with Crippen molar-refractivity contribution in [3.05, 3.63) is 28.5 Å². The maximum absolute atomic E-state index is 10.1. The minimum atomic E-state index is -0.926. The van der Waals surface area contributed by atoms with Crippen LogP contribution in [0.5, 0.6) is 0 Å². The summed E-state index contributed by atoms with van der Waals surface area (Å²) in [5, 5.41) is 8.31. The maximum atomic E-state index is 10.1. The Bertz CT molecular complexity index is 361. The number of nitrogens with zero attached hydrogens (tertiary/aromatic N) is 1. The molecule has 0 fully saturated rings. The molecule has 0 amide bonds. The fourth-order valence-electron chi connectivity index (χ4n) is 0.660. The zero-order chi connectivity index (χ0) is 9.68. The van der Waals surface area contributed by atoms with Crippen LogP contribution in [0.4, 0.5) is 0 Å². The molecule has 1 aromatic heterocycles. The van der Waals surface area contributed by atoms with E-state index in [2.05, 4.69) is 32.8 Å². The van der Waals surface area contributed by atoms with Crippen LogP contribution in [0.2, 0.25) is 0 Å². The Morgan fingerprint density at radius 2 is 2.38 bits per heavy atom. The summed E-state index contributed by atoms with van der Waals surface area (Å²) in [5.74, 6) is 4.21. The van der Waals surface area contributed by atoms with Gasteiger partial charge in [0.15, 0.2) is 0 Å². The van der Waals surface area contributed by atoms with Crippen LogP contribution in [0.3, 0.4) is 0 Å². The maximum Gasteiger partial charge on any atom is 0.315 e. The molecule has 0 radical (unpaired) electrons. The van der Waals surface area contributed by atoms with E-state index in [4.69, 9.17) is 5.11 Å². The van der Waals surface area contributed by atoms with Crippen LogP contribution in [0.1, 0.15) is 12.1 Å². The van der Waals surface area contributed by atoms with Crippen LogP contribution in [0.15, 0.2) is 22.8 Å². The highest BCUT2D eigenvalue weighted by Gasteiger charge is 1.90. The first kappa shape index (κ1) is 9.75. The number of carboxylic acid groups (broad SMARTS) is 1. The molecule has 0 saturated carbocycles. The molecule has 66 valence electrons. The van der Waals surface area contributed by atoms with Crippen LogP contribution in [0, 0.1) is 11.8 Å². The first-order valence-corrected chi connectivity index (χ1v) is 4.30. The molecular formula is C9H6BrNO2. The second-order valence-electron chi connectivity index (χ2n) is 2.23. The fraction of sp³-hybridized carbons (Fsp3) is 0.111. The number of carboxylic acids is 1. The number of aromatic nitrogens is 1. The van der Waals surface area contributed by atoms with Crippen molar-refractivity contribution < 1.29 is 9.90 Å². The molecule has 4 heteroatoms. The Morgan fingerprint density at radius 1 is 1.62 bits per heavy atom. The Hall–Kier alpha value is -1.34. The molecule has 0 aromatic carbocycles. The highest BCUT2D eigenvalue weighted by atomic mass is 79.9. The van der Waals surface area contributed by atoms with Gasteiger partial charge >= 0.3 is 5.97 Å². The predicted molar refractivity (Wildman–Crippen MR) is 51.1 cm³/mol. The lowest BCUT2D eigenvalue weighted by Gasteiger charge is -1.88.